The van der Waals surface area contributed by atoms with E-state index in [2.05, 4.69) is 5.32 Å². The summed E-state index contributed by atoms with van der Waals surface area (Å²) in [6, 6.07) is 1.47. The van der Waals surface area contributed by atoms with Crippen LogP contribution in [-0.4, -0.2) is 34.6 Å². The van der Waals surface area contributed by atoms with E-state index in [1.807, 2.05) is 0 Å². The molecule has 0 aliphatic rings. The van der Waals surface area contributed by atoms with Crippen molar-refractivity contribution in [2.75, 3.05) is 12.3 Å². The number of alkyl carbamates (subject to hydrolysis) is 1. The second-order valence-corrected chi connectivity index (χ2v) is 6.12. The number of nitrogens with two attached hydrogens (primary N) is 1. The van der Waals surface area contributed by atoms with Crippen molar-refractivity contribution >= 4 is 11.8 Å². The van der Waals surface area contributed by atoms with Crippen LogP contribution in [0.15, 0.2) is 12.1 Å². The molecule has 0 aliphatic carbocycles. The number of amides is 1. The van der Waals surface area contributed by atoms with Crippen LogP contribution in [0.2, 0.25) is 0 Å². The number of anilines is 1. The quantitative estimate of drug-likeness (QED) is 0.616. The van der Waals surface area contributed by atoms with Gasteiger partial charge in [0.15, 0.2) is 0 Å². The van der Waals surface area contributed by atoms with Crippen LogP contribution >= 0.6 is 0 Å². The van der Waals surface area contributed by atoms with Gasteiger partial charge in [-0.1, -0.05) is 0 Å². The highest BCUT2D eigenvalue weighted by Crippen LogP contribution is 2.25. The summed E-state index contributed by atoms with van der Waals surface area (Å²) < 4.78 is 31.7. The molecule has 0 fully saturated rings. The van der Waals surface area contributed by atoms with E-state index in [-0.39, 0.29) is 24.2 Å². The predicted molar refractivity (Wildman–Crippen MR) is 80.6 cm³/mol. The van der Waals surface area contributed by atoms with Gasteiger partial charge < -0.3 is 26.0 Å². The molecule has 1 aromatic carbocycles. The Hall–Kier alpha value is -1.93. The van der Waals surface area contributed by atoms with E-state index in [0.29, 0.717) is 6.07 Å². The summed E-state index contributed by atoms with van der Waals surface area (Å²) in [6.45, 7) is 5.11. The number of carbonyl (C=O) groups is 1. The minimum atomic E-state index is -1.60. The molecule has 0 heterocycles. The molecule has 5 N–H and O–H groups in total. The lowest BCUT2D eigenvalue weighted by Gasteiger charge is -2.21. The van der Waals surface area contributed by atoms with Gasteiger partial charge in [-0.05, 0) is 33.3 Å². The number of hydrogen-bond donors (Lipinski definition) is 4. The van der Waals surface area contributed by atoms with Crippen LogP contribution in [0.4, 0.5) is 19.3 Å². The Kier molecular flexibility index (Phi) is 6.28. The van der Waals surface area contributed by atoms with Gasteiger partial charge >= 0.3 is 6.09 Å². The van der Waals surface area contributed by atoms with Crippen molar-refractivity contribution in [2.24, 2.45) is 0 Å². The zero-order chi connectivity index (χ0) is 17.8. The van der Waals surface area contributed by atoms with Crippen molar-refractivity contribution in [1.29, 1.82) is 0 Å². The van der Waals surface area contributed by atoms with Crippen LogP contribution in [0, 0.1) is 11.6 Å². The number of halogens is 2. The highest BCUT2D eigenvalue weighted by Gasteiger charge is 2.23. The summed E-state index contributed by atoms with van der Waals surface area (Å²) in [5, 5.41) is 22.2. The topological polar surface area (TPSA) is 105 Å². The lowest BCUT2D eigenvalue weighted by molar-refractivity contribution is 0.0103. The van der Waals surface area contributed by atoms with Gasteiger partial charge in [-0.15, -0.1) is 0 Å². The standard InChI is InChI=1S/C15H22F2N2O4/c1-15(2,3)23-14(22)19-5-4-12(20)13(21)8-6-11(18)10(17)7-9(8)16/h6-7,12-13,20-21H,4-5,18H2,1-3H3,(H,19,22). The van der Waals surface area contributed by atoms with E-state index in [1.165, 1.54) is 0 Å². The second-order valence-electron chi connectivity index (χ2n) is 6.12. The fraction of sp³-hybridized carbons (Fsp3) is 0.533. The number of rotatable bonds is 5. The number of nitrogens with one attached hydrogen (secondary N) is 1. The molecular formula is C15H22F2N2O4. The Labute approximate surface area is 133 Å². The number of ether oxygens (including phenoxy) is 1. The maximum atomic E-state index is 13.6. The molecule has 0 radical (unpaired) electrons. The molecule has 0 saturated heterocycles. The summed E-state index contributed by atoms with van der Waals surface area (Å²) in [5.41, 5.74) is 4.02. The summed E-state index contributed by atoms with van der Waals surface area (Å²) >= 11 is 0. The van der Waals surface area contributed by atoms with E-state index in [1.54, 1.807) is 20.8 Å². The lowest BCUT2D eigenvalue weighted by Crippen LogP contribution is -2.34. The molecule has 0 aromatic heterocycles. The molecule has 1 rings (SSSR count). The summed E-state index contributed by atoms with van der Waals surface area (Å²) in [7, 11) is 0. The lowest BCUT2D eigenvalue weighted by atomic mass is 10.0. The molecule has 8 heteroatoms. The number of hydrogen-bond acceptors (Lipinski definition) is 5. The van der Waals surface area contributed by atoms with Crippen LogP contribution in [-0.2, 0) is 4.74 Å². The number of benzene rings is 1. The molecule has 2 atom stereocenters. The first-order chi connectivity index (χ1) is 10.5. The first kappa shape index (κ1) is 19.1. The van der Waals surface area contributed by atoms with Gasteiger partial charge in [-0.2, -0.15) is 0 Å². The third-order valence-electron chi connectivity index (χ3n) is 2.91. The summed E-state index contributed by atoms with van der Waals surface area (Å²) in [6.07, 6.45) is -3.70. The first-order valence-corrected chi connectivity index (χ1v) is 7.08. The monoisotopic (exact) mass is 332 g/mol. The summed E-state index contributed by atoms with van der Waals surface area (Å²) in [5.74, 6) is -1.96. The zero-order valence-corrected chi connectivity index (χ0v) is 13.3. The van der Waals surface area contributed by atoms with Crippen molar-refractivity contribution in [1.82, 2.24) is 5.32 Å². The Morgan fingerprint density at radius 3 is 2.48 bits per heavy atom. The van der Waals surface area contributed by atoms with Gasteiger partial charge in [0, 0.05) is 18.2 Å². The van der Waals surface area contributed by atoms with Gasteiger partial charge in [0.1, 0.15) is 23.3 Å². The van der Waals surface area contributed by atoms with E-state index >= 15 is 0 Å². The van der Waals surface area contributed by atoms with E-state index < -0.39 is 35.5 Å². The van der Waals surface area contributed by atoms with Crippen LogP contribution in [0.3, 0.4) is 0 Å². The molecule has 0 spiro atoms. The number of aliphatic hydroxyl groups excluding tert-OH is 2. The van der Waals surface area contributed by atoms with Gasteiger partial charge in [0.2, 0.25) is 0 Å². The molecule has 0 bridgehead atoms. The SMILES string of the molecule is CC(C)(C)OC(=O)NCCC(O)C(O)c1cc(N)c(F)cc1F. The predicted octanol–water partition coefficient (Wildman–Crippen LogP) is 1.86. The van der Waals surface area contributed by atoms with Gasteiger partial charge in [0.05, 0.1) is 11.8 Å². The Bertz CT molecular complexity index is 561. The molecule has 6 nitrogen and oxygen atoms in total. The molecule has 1 aromatic rings. The van der Waals surface area contributed by atoms with Crippen molar-refractivity contribution in [3.63, 3.8) is 0 Å². The molecule has 23 heavy (non-hydrogen) atoms. The third-order valence-corrected chi connectivity index (χ3v) is 2.91. The van der Waals surface area contributed by atoms with Crippen molar-refractivity contribution in [3.05, 3.63) is 29.3 Å². The first-order valence-electron chi connectivity index (χ1n) is 7.08. The van der Waals surface area contributed by atoms with Gasteiger partial charge in [-0.3, -0.25) is 0 Å². The smallest absolute Gasteiger partial charge is 0.407 e. The number of aliphatic hydroxyl groups is 2. The number of carbonyl (C=O) groups excluding carboxylic acids is 1. The largest absolute Gasteiger partial charge is 0.444 e. The van der Waals surface area contributed by atoms with E-state index in [4.69, 9.17) is 10.5 Å². The molecule has 1 amide bonds. The van der Waals surface area contributed by atoms with Crippen LogP contribution < -0.4 is 11.1 Å². The zero-order valence-electron chi connectivity index (χ0n) is 13.3. The van der Waals surface area contributed by atoms with Gasteiger partial charge in [-0.25, -0.2) is 13.6 Å². The van der Waals surface area contributed by atoms with E-state index in [0.717, 1.165) is 6.07 Å². The highest BCUT2D eigenvalue weighted by atomic mass is 19.1. The maximum absolute atomic E-state index is 13.6. The highest BCUT2D eigenvalue weighted by molar-refractivity contribution is 5.67. The minimum Gasteiger partial charge on any atom is -0.444 e. The number of nitrogen functional groups attached to an aromatic ring is 1. The average Bonchev–Trinajstić information content (AvgIpc) is 2.40. The van der Waals surface area contributed by atoms with Crippen molar-refractivity contribution in [2.45, 2.75) is 45.0 Å². The van der Waals surface area contributed by atoms with Gasteiger partial charge in [0.25, 0.3) is 0 Å². The van der Waals surface area contributed by atoms with Crippen LogP contribution in [0.1, 0.15) is 38.9 Å². The summed E-state index contributed by atoms with van der Waals surface area (Å²) in [4.78, 5) is 11.4. The third kappa shape index (κ3) is 5.99. The Balaban J connectivity index is 2.57. The normalized spacial score (nSPS) is 14.2. The average molecular weight is 332 g/mol. The second kappa shape index (κ2) is 7.56. The molecule has 130 valence electrons. The fourth-order valence-electron chi connectivity index (χ4n) is 1.81. The molecular weight excluding hydrogens is 310 g/mol. The maximum Gasteiger partial charge on any atom is 0.407 e. The van der Waals surface area contributed by atoms with Crippen molar-refractivity contribution in [3.8, 4) is 0 Å². The minimum absolute atomic E-state index is 0.00539. The van der Waals surface area contributed by atoms with Crippen LogP contribution in [0.5, 0.6) is 0 Å². The molecule has 0 saturated carbocycles. The van der Waals surface area contributed by atoms with Crippen molar-refractivity contribution < 1.29 is 28.5 Å². The Morgan fingerprint density at radius 1 is 1.30 bits per heavy atom. The van der Waals surface area contributed by atoms with Crippen LogP contribution in [0.25, 0.3) is 0 Å². The van der Waals surface area contributed by atoms with E-state index in [9.17, 15) is 23.8 Å². The fourth-order valence-corrected chi connectivity index (χ4v) is 1.81. The molecule has 2 unspecified atom stereocenters. The molecule has 0 aliphatic heterocycles. The Morgan fingerprint density at radius 2 is 1.91 bits per heavy atom.